The molecule has 0 spiro atoms. The third-order valence-corrected chi connectivity index (χ3v) is 4.25. The summed E-state index contributed by atoms with van der Waals surface area (Å²) in [6.07, 6.45) is 4.38. The summed E-state index contributed by atoms with van der Waals surface area (Å²) >= 11 is 2.01. The first-order chi connectivity index (χ1) is 7.25. The van der Waals surface area contributed by atoms with Crippen molar-refractivity contribution in [1.82, 2.24) is 0 Å². The molecule has 15 heavy (non-hydrogen) atoms. The average Bonchev–Trinajstić information content (AvgIpc) is 2.59. The van der Waals surface area contributed by atoms with Gasteiger partial charge in [0.1, 0.15) is 0 Å². The average molecular weight is 222 g/mol. The molecule has 0 aromatic heterocycles. The van der Waals surface area contributed by atoms with E-state index in [4.69, 9.17) is 0 Å². The molecule has 82 valence electrons. The minimum Gasteiger partial charge on any atom is -0.393 e. The van der Waals surface area contributed by atoms with Gasteiger partial charge in [-0.2, -0.15) is 0 Å². The molecule has 0 amide bonds. The van der Waals surface area contributed by atoms with Gasteiger partial charge >= 0.3 is 0 Å². The van der Waals surface area contributed by atoms with E-state index in [1.54, 1.807) is 0 Å². The zero-order chi connectivity index (χ0) is 10.7. The van der Waals surface area contributed by atoms with Crippen LogP contribution in [0.15, 0.2) is 29.2 Å². The largest absolute Gasteiger partial charge is 0.393 e. The number of aliphatic hydroxyl groups excluding tert-OH is 1. The van der Waals surface area contributed by atoms with Crippen molar-refractivity contribution in [3.63, 3.8) is 0 Å². The van der Waals surface area contributed by atoms with Gasteiger partial charge in [0.25, 0.3) is 0 Å². The van der Waals surface area contributed by atoms with Crippen molar-refractivity contribution in [2.75, 3.05) is 0 Å². The lowest BCUT2D eigenvalue weighted by molar-refractivity contribution is 0.180. The Bertz CT molecular complexity index is 297. The third-order valence-electron chi connectivity index (χ3n) is 2.86. The summed E-state index contributed by atoms with van der Waals surface area (Å²) in [7, 11) is 0. The molecular formula is C13H18OS. The number of thioether (sulfide) groups is 1. The van der Waals surface area contributed by atoms with Crippen molar-refractivity contribution in [2.24, 2.45) is 0 Å². The van der Waals surface area contributed by atoms with Crippen LogP contribution in [0.2, 0.25) is 0 Å². The van der Waals surface area contributed by atoms with Gasteiger partial charge in [-0.05, 0) is 44.2 Å². The molecule has 0 saturated carbocycles. The Kier molecular flexibility index (Phi) is 3.71. The zero-order valence-corrected chi connectivity index (χ0v) is 9.96. The monoisotopic (exact) mass is 222 g/mol. The second-order valence-electron chi connectivity index (χ2n) is 4.33. The molecule has 2 atom stereocenters. The molecule has 1 aliphatic heterocycles. The Balaban J connectivity index is 1.80. The third kappa shape index (κ3) is 2.99. The Hall–Kier alpha value is -0.470. The van der Waals surface area contributed by atoms with E-state index in [-0.39, 0.29) is 6.10 Å². The van der Waals surface area contributed by atoms with E-state index in [1.165, 1.54) is 23.3 Å². The highest BCUT2D eigenvalue weighted by Gasteiger charge is 2.20. The highest BCUT2D eigenvalue weighted by Crippen LogP contribution is 2.38. The number of fused-ring (bicyclic) bond motifs is 1. The number of rotatable bonds is 4. The molecule has 2 unspecified atom stereocenters. The fraction of sp³-hybridized carbons (Fsp3) is 0.538. The molecule has 1 nitrogen and oxygen atoms in total. The first kappa shape index (κ1) is 11.0. The normalized spacial score (nSPS) is 21.3. The van der Waals surface area contributed by atoms with Gasteiger partial charge in [-0.15, -0.1) is 11.8 Å². The molecule has 1 aliphatic rings. The van der Waals surface area contributed by atoms with Crippen molar-refractivity contribution in [3.8, 4) is 0 Å². The van der Waals surface area contributed by atoms with E-state index >= 15 is 0 Å². The van der Waals surface area contributed by atoms with Gasteiger partial charge in [-0.1, -0.05) is 18.2 Å². The minimum atomic E-state index is -0.140. The van der Waals surface area contributed by atoms with Gasteiger partial charge < -0.3 is 5.11 Å². The second kappa shape index (κ2) is 5.04. The summed E-state index contributed by atoms with van der Waals surface area (Å²) in [5.41, 5.74) is 1.50. The first-order valence-electron chi connectivity index (χ1n) is 5.68. The number of benzene rings is 1. The highest BCUT2D eigenvalue weighted by atomic mass is 32.2. The first-order valence-corrected chi connectivity index (χ1v) is 6.56. The molecule has 1 aromatic carbocycles. The number of aliphatic hydroxyl groups is 1. The van der Waals surface area contributed by atoms with Crippen LogP contribution in [-0.4, -0.2) is 16.5 Å². The molecule has 0 bridgehead atoms. The zero-order valence-electron chi connectivity index (χ0n) is 9.15. The molecule has 1 N–H and O–H groups in total. The van der Waals surface area contributed by atoms with E-state index in [0.29, 0.717) is 0 Å². The molecule has 0 radical (unpaired) electrons. The quantitative estimate of drug-likeness (QED) is 0.844. The maximum absolute atomic E-state index is 9.19. The van der Waals surface area contributed by atoms with Crippen LogP contribution in [0.1, 0.15) is 31.7 Å². The van der Waals surface area contributed by atoms with Crippen LogP contribution < -0.4 is 0 Å². The van der Waals surface area contributed by atoms with Crippen LogP contribution in [0.25, 0.3) is 0 Å². The smallest absolute Gasteiger partial charge is 0.0512 e. The summed E-state index contributed by atoms with van der Waals surface area (Å²) < 4.78 is 0. The topological polar surface area (TPSA) is 20.2 Å². The second-order valence-corrected chi connectivity index (χ2v) is 5.67. The van der Waals surface area contributed by atoms with Crippen LogP contribution in [0, 0.1) is 0 Å². The summed E-state index contributed by atoms with van der Waals surface area (Å²) in [5, 5.41) is 9.93. The van der Waals surface area contributed by atoms with Crippen LogP contribution in [0.3, 0.4) is 0 Å². The lowest BCUT2D eigenvalue weighted by Crippen LogP contribution is -2.04. The van der Waals surface area contributed by atoms with E-state index in [2.05, 4.69) is 24.3 Å². The Labute approximate surface area is 95.9 Å². The molecule has 1 aromatic rings. The summed E-state index contributed by atoms with van der Waals surface area (Å²) in [6, 6.07) is 8.69. The molecule has 0 saturated heterocycles. The Morgan fingerprint density at radius 2 is 2.27 bits per heavy atom. The summed E-state index contributed by atoms with van der Waals surface area (Å²) in [5.74, 6) is 0. The fourth-order valence-corrected chi connectivity index (χ4v) is 3.42. The van der Waals surface area contributed by atoms with Crippen molar-refractivity contribution >= 4 is 11.8 Å². The van der Waals surface area contributed by atoms with E-state index in [0.717, 1.165) is 18.1 Å². The predicted molar refractivity (Wildman–Crippen MR) is 65.3 cm³/mol. The fourth-order valence-electron chi connectivity index (χ4n) is 2.06. The van der Waals surface area contributed by atoms with Gasteiger partial charge in [0, 0.05) is 10.1 Å². The van der Waals surface area contributed by atoms with Crippen LogP contribution in [0.5, 0.6) is 0 Å². The number of hydrogen-bond donors (Lipinski definition) is 1. The van der Waals surface area contributed by atoms with Crippen molar-refractivity contribution in [3.05, 3.63) is 29.8 Å². The SMILES string of the molecule is CC(O)CCCC1Cc2ccccc2S1. The number of hydrogen-bond acceptors (Lipinski definition) is 2. The molecule has 2 rings (SSSR count). The maximum Gasteiger partial charge on any atom is 0.0512 e. The lowest BCUT2D eigenvalue weighted by atomic mass is 10.1. The molecule has 1 heterocycles. The van der Waals surface area contributed by atoms with Crippen LogP contribution in [-0.2, 0) is 6.42 Å². The van der Waals surface area contributed by atoms with E-state index in [9.17, 15) is 5.11 Å². The Morgan fingerprint density at radius 1 is 1.47 bits per heavy atom. The lowest BCUT2D eigenvalue weighted by Gasteiger charge is -2.08. The minimum absolute atomic E-state index is 0.140. The molecule has 0 aliphatic carbocycles. The van der Waals surface area contributed by atoms with Crippen molar-refractivity contribution in [1.29, 1.82) is 0 Å². The van der Waals surface area contributed by atoms with Gasteiger partial charge in [0.05, 0.1) is 6.10 Å². The standard InChI is InChI=1S/C13H18OS/c1-10(14)5-4-7-12-9-11-6-2-3-8-13(11)15-12/h2-3,6,8,10,12,14H,4-5,7,9H2,1H3. The summed E-state index contributed by atoms with van der Waals surface area (Å²) in [6.45, 7) is 1.87. The van der Waals surface area contributed by atoms with Gasteiger partial charge in [-0.3, -0.25) is 0 Å². The molecule has 2 heteroatoms. The summed E-state index contributed by atoms with van der Waals surface area (Å²) in [4.78, 5) is 1.46. The van der Waals surface area contributed by atoms with Gasteiger partial charge in [0.15, 0.2) is 0 Å². The van der Waals surface area contributed by atoms with Gasteiger partial charge in [0.2, 0.25) is 0 Å². The van der Waals surface area contributed by atoms with Gasteiger partial charge in [-0.25, -0.2) is 0 Å². The van der Waals surface area contributed by atoms with Crippen molar-refractivity contribution < 1.29 is 5.11 Å². The predicted octanol–water partition coefficient (Wildman–Crippen LogP) is 3.25. The van der Waals surface area contributed by atoms with E-state index < -0.39 is 0 Å². The maximum atomic E-state index is 9.19. The van der Waals surface area contributed by atoms with Crippen molar-refractivity contribution in [2.45, 2.75) is 48.9 Å². The Morgan fingerprint density at radius 3 is 3.00 bits per heavy atom. The van der Waals surface area contributed by atoms with Crippen LogP contribution in [0.4, 0.5) is 0 Å². The highest BCUT2D eigenvalue weighted by molar-refractivity contribution is 8.00. The molecule has 0 fully saturated rings. The van der Waals surface area contributed by atoms with E-state index in [1.807, 2.05) is 18.7 Å². The van der Waals surface area contributed by atoms with Crippen LogP contribution >= 0.6 is 11.8 Å². The molecular weight excluding hydrogens is 204 g/mol.